The van der Waals surface area contributed by atoms with Crippen LogP contribution < -0.4 is 10.6 Å². The molecule has 0 radical (unpaired) electrons. The largest absolute Gasteiger partial charge is 0.367 e. The van der Waals surface area contributed by atoms with Crippen LogP contribution in [0.5, 0.6) is 0 Å². The molecule has 2 heterocycles. The number of nitrogens with one attached hydrogen (secondary N) is 2. The maximum atomic E-state index is 11.8. The second kappa shape index (κ2) is 4.78. The van der Waals surface area contributed by atoms with Crippen molar-refractivity contribution in [2.24, 2.45) is 0 Å². The highest BCUT2D eigenvalue weighted by Crippen LogP contribution is 2.24. The molecule has 0 atom stereocenters. The molecular formula is C13H13N3OS. The molecule has 5 heteroatoms. The predicted molar refractivity (Wildman–Crippen MR) is 73.2 cm³/mol. The van der Waals surface area contributed by atoms with E-state index in [9.17, 15) is 4.79 Å². The topological polar surface area (TPSA) is 54.0 Å². The molecule has 1 aliphatic rings. The summed E-state index contributed by atoms with van der Waals surface area (Å²) in [6.07, 6.45) is 4.12. The maximum absolute atomic E-state index is 11.8. The van der Waals surface area contributed by atoms with Gasteiger partial charge in [-0.25, -0.2) is 4.98 Å². The number of rotatable bonds is 4. The summed E-state index contributed by atoms with van der Waals surface area (Å²) < 4.78 is 0. The fourth-order valence-electron chi connectivity index (χ4n) is 1.59. The number of aromatic nitrogens is 1. The van der Waals surface area contributed by atoms with Crippen LogP contribution in [-0.4, -0.2) is 16.9 Å². The van der Waals surface area contributed by atoms with E-state index in [-0.39, 0.29) is 5.91 Å². The highest BCUT2D eigenvalue weighted by molar-refractivity contribution is 7.12. The lowest BCUT2D eigenvalue weighted by Gasteiger charge is -2.06. The van der Waals surface area contributed by atoms with E-state index in [2.05, 4.69) is 15.6 Å². The second-order valence-corrected chi connectivity index (χ2v) is 5.23. The summed E-state index contributed by atoms with van der Waals surface area (Å²) in [5, 5.41) is 8.01. The van der Waals surface area contributed by atoms with Crippen LogP contribution in [0.15, 0.2) is 35.8 Å². The smallest absolute Gasteiger partial charge is 0.265 e. The first-order chi connectivity index (χ1) is 8.81. The van der Waals surface area contributed by atoms with E-state index >= 15 is 0 Å². The van der Waals surface area contributed by atoms with Crippen molar-refractivity contribution < 1.29 is 4.79 Å². The molecule has 1 fully saturated rings. The van der Waals surface area contributed by atoms with Gasteiger partial charge in [0.1, 0.15) is 5.82 Å². The van der Waals surface area contributed by atoms with Gasteiger partial charge in [0.15, 0.2) is 0 Å². The number of carbonyl (C=O) groups is 1. The predicted octanol–water partition coefficient (Wildman–Crippen LogP) is 2.97. The average molecular weight is 259 g/mol. The van der Waals surface area contributed by atoms with Crippen LogP contribution in [0, 0.1) is 0 Å². The Morgan fingerprint density at radius 2 is 2.22 bits per heavy atom. The SMILES string of the molecule is O=C(Nc1ccc(NC2CC2)nc1)c1cccs1. The molecule has 0 aliphatic heterocycles. The van der Waals surface area contributed by atoms with E-state index in [0.29, 0.717) is 10.9 Å². The monoisotopic (exact) mass is 259 g/mol. The van der Waals surface area contributed by atoms with Crippen molar-refractivity contribution in [1.82, 2.24) is 4.98 Å². The Labute approximate surface area is 109 Å². The minimum Gasteiger partial charge on any atom is -0.367 e. The van der Waals surface area contributed by atoms with Gasteiger partial charge in [0, 0.05) is 6.04 Å². The Hall–Kier alpha value is -1.88. The number of nitrogens with zero attached hydrogens (tertiary/aromatic N) is 1. The molecule has 2 aromatic rings. The summed E-state index contributed by atoms with van der Waals surface area (Å²) in [4.78, 5) is 16.8. The lowest BCUT2D eigenvalue weighted by atomic mass is 10.3. The molecule has 0 spiro atoms. The molecule has 1 saturated carbocycles. The van der Waals surface area contributed by atoms with Crippen LogP contribution in [0.2, 0.25) is 0 Å². The fourth-order valence-corrected chi connectivity index (χ4v) is 2.21. The van der Waals surface area contributed by atoms with Crippen LogP contribution in [0.3, 0.4) is 0 Å². The van der Waals surface area contributed by atoms with E-state index in [1.54, 1.807) is 12.3 Å². The Balaban J connectivity index is 1.63. The first-order valence-electron chi connectivity index (χ1n) is 5.89. The summed E-state index contributed by atoms with van der Waals surface area (Å²) in [6, 6.07) is 8.01. The molecule has 4 nitrogen and oxygen atoms in total. The zero-order chi connectivity index (χ0) is 12.4. The summed E-state index contributed by atoms with van der Waals surface area (Å²) in [5.41, 5.74) is 0.717. The quantitative estimate of drug-likeness (QED) is 0.887. The second-order valence-electron chi connectivity index (χ2n) is 4.28. The van der Waals surface area contributed by atoms with Gasteiger partial charge in [0.2, 0.25) is 0 Å². The highest BCUT2D eigenvalue weighted by atomic mass is 32.1. The molecule has 3 rings (SSSR count). The number of hydrogen-bond donors (Lipinski definition) is 2. The Morgan fingerprint density at radius 1 is 1.33 bits per heavy atom. The standard InChI is InChI=1S/C13H13N3OS/c17-13(11-2-1-7-18-11)16-10-5-6-12(14-8-10)15-9-3-4-9/h1-2,5-9H,3-4H2,(H,14,15)(H,16,17). The van der Waals surface area contributed by atoms with Crippen molar-refractivity contribution >= 4 is 28.7 Å². The number of anilines is 2. The summed E-state index contributed by atoms with van der Waals surface area (Å²) in [6.45, 7) is 0. The van der Waals surface area contributed by atoms with Crippen LogP contribution in [0.4, 0.5) is 11.5 Å². The molecule has 92 valence electrons. The number of amides is 1. The number of pyridine rings is 1. The van der Waals surface area contributed by atoms with Gasteiger partial charge in [0.05, 0.1) is 16.8 Å². The molecule has 2 aromatic heterocycles. The minimum absolute atomic E-state index is 0.0882. The summed E-state index contributed by atoms with van der Waals surface area (Å²) >= 11 is 1.43. The van der Waals surface area contributed by atoms with E-state index in [1.165, 1.54) is 24.2 Å². The maximum Gasteiger partial charge on any atom is 0.265 e. The molecule has 0 aromatic carbocycles. The van der Waals surface area contributed by atoms with Crippen LogP contribution >= 0.6 is 11.3 Å². The Bertz CT molecular complexity index is 532. The van der Waals surface area contributed by atoms with E-state index in [0.717, 1.165) is 11.5 Å². The van der Waals surface area contributed by atoms with Crippen LogP contribution in [-0.2, 0) is 0 Å². The van der Waals surface area contributed by atoms with Gasteiger partial charge in [-0.05, 0) is 36.4 Å². The molecule has 18 heavy (non-hydrogen) atoms. The van der Waals surface area contributed by atoms with Crippen molar-refractivity contribution in [3.8, 4) is 0 Å². The van der Waals surface area contributed by atoms with Crippen LogP contribution in [0.25, 0.3) is 0 Å². The molecule has 2 N–H and O–H groups in total. The molecule has 1 aliphatic carbocycles. The first kappa shape index (κ1) is 11.2. The summed E-state index contributed by atoms with van der Waals surface area (Å²) in [7, 11) is 0. The van der Waals surface area contributed by atoms with E-state index < -0.39 is 0 Å². The number of thiophene rings is 1. The Kier molecular flexibility index (Phi) is 2.98. The van der Waals surface area contributed by atoms with Gasteiger partial charge in [-0.2, -0.15) is 0 Å². The third-order valence-electron chi connectivity index (χ3n) is 2.70. The Morgan fingerprint density at radius 3 is 2.83 bits per heavy atom. The summed E-state index contributed by atoms with van der Waals surface area (Å²) in [5.74, 6) is 0.779. The van der Waals surface area contributed by atoms with E-state index in [4.69, 9.17) is 0 Å². The van der Waals surface area contributed by atoms with Crippen LogP contribution in [0.1, 0.15) is 22.5 Å². The minimum atomic E-state index is -0.0882. The van der Waals surface area contributed by atoms with Crippen molar-refractivity contribution in [3.05, 3.63) is 40.7 Å². The normalized spacial score (nSPS) is 14.2. The molecule has 0 bridgehead atoms. The number of hydrogen-bond acceptors (Lipinski definition) is 4. The average Bonchev–Trinajstić information content (AvgIpc) is 3.02. The van der Waals surface area contributed by atoms with Crippen molar-refractivity contribution in [3.63, 3.8) is 0 Å². The van der Waals surface area contributed by atoms with Gasteiger partial charge in [-0.15, -0.1) is 11.3 Å². The van der Waals surface area contributed by atoms with Gasteiger partial charge < -0.3 is 10.6 Å². The zero-order valence-electron chi connectivity index (χ0n) is 9.72. The van der Waals surface area contributed by atoms with Crippen molar-refractivity contribution in [2.45, 2.75) is 18.9 Å². The van der Waals surface area contributed by atoms with Gasteiger partial charge >= 0.3 is 0 Å². The first-order valence-corrected chi connectivity index (χ1v) is 6.77. The molecular weight excluding hydrogens is 246 g/mol. The third kappa shape index (κ3) is 2.68. The fraction of sp³-hybridized carbons (Fsp3) is 0.231. The molecule has 0 saturated heterocycles. The van der Waals surface area contributed by atoms with E-state index in [1.807, 2.05) is 23.6 Å². The highest BCUT2D eigenvalue weighted by Gasteiger charge is 2.21. The van der Waals surface area contributed by atoms with Gasteiger partial charge in [-0.1, -0.05) is 6.07 Å². The zero-order valence-corrected chi connectivity index (χ0v) is 10.5. The van der Waals surface area contributed by atoms with Crippen molar-refractivity contribution in [1.29, 1.82) is 0 Å². The lowest BCUT2D eigenvalue weighted by Crippen LogP contribution is -2.10. The lowest BCUT2D eigenvalue weighted by molar-refractivity contribution is 0.103. The van der Waals surface area contributed by atoms with Gasteiger partial charge in [0.25, 0.3) is 5.91 Å². The third-order valence-corrected chi connectivity index (χ3v) is 3.56. The molecule has 1 amide bonds. The van der Waals surface area contributed by atoms with Crippen molar-refractivity contribution in [2.75, 3.05) is 10.6 Å². The number of carbonyl (C=O) groups excluding carboxylic acids is 1. The van der Waals surface area contributed by atoms with Gasteiger partial charge in [-0.3, -0.25) is 4.79 Å². The molecule has 0 unspecified atom stereocenters.